The number of rotatable bonds is 5. The van der Waals surface area contributed by atoms with Crippen LogP contribution in [0.25, 0.3) is 11.0 Å². The van der Waals surface area contributed by atoms with Crippen LogP contribution in [0.3, 0.4) is 0 Å². The molecule has 2 aromatic heterocycles. The number of carbonyl (C=O) groups is 1. The van der Waals surface area contributed by atoms with Gasteiger partial charge in [0.1, 0.15) is 11.2 Å². The summed E-state index contributed by atoms with van der Waals surface area (Å²) in [5.74, 6) is 0.988. The fraction of sp³-hybridized carbons (Fsp3) is 0.409. The molecule has 0 saturated carbocycles. The number of aromatic nitrogens is 4. The van der Waals surface area contributed by atoms with E-state index in [9.17, 15) is 9.59 Å². The number of nitrogens with zero attached hydrogens (tertiary/aromatic N) is 5. The van der Waals surface area contributed by atoms with Crippen LogP contribution in [-0.4, -0.2) is 69.5 Å². The summed E-state index contributed by atoms with van der Waals surface area (Å²) >= 11 is 12.3. The third-order valence-electron chi connectivity index (χ3n) is 6.18. The lowest BCUT2D eigenvalue weighted by molar-refractivity contribution is -0.133. The summed E-state index contributed by atoms with van der Waals surface area (Å²) in [6.45, 7) is 3.59. The highest BCUT2D eigenvalue weighted by molar-refractivity contribution is 6.35. The van der Waals surface area contributed by atoms with Crippen molar-refractivity contribution in [2.75, 3.05) is 42.9 Å². The number of halogens is 2. The van der Waals surface area contributed by atoms with Crippen molar-refractivity contribution in [3.05, 3.63) is 50.5 Å². The zero-order chi connectivity index (χ0) is 23.7. The number of amides is 1. The molecule has 5 rings (SSSR count). The van der Waals surface area contributed by atoms with Gasteiger partial charge in [-0.15, -0.1) is 0 Å². The zero-order valence-electron chi connectivity index (χ0n) is 18.4. The molecule has 0 radical (unpaired) electrons. The fourth-order valence-electron chi connectivity index (χ4n) is 4.32. The molecular formula is C22H24Cl2N8O2. The van der Waals surface area contributed by atoms with Gasteiger partial charge in [0.25, 0.3) is 5.56 Å². The summed E-state index contributed by atoms with van der Waals surface area (Å²) in [5.41, 5.74) is 0.778. The Balaban J connectivity index is 1.37. The molecule has 3 aromatic rings. The summed E-state index contributed by atoms with van der Waals surface area (Å²) < 4.78 is 0. The van der Waals surface area contributed by atoms with Crippen molar-refractivity contribution >= 4 is 51.9 Å². The first-order valence-electron chi connectivity index (χ1n) is 11.2. The Hall–Kier alpha value is -2.95. The van der Waals surface area contributed by atoms with Gasteiger partial charge in [-0.2, -0.15) is 9.97 Å². The summed E-state index contributed by atoms with van der Waals surface area (Å²) in [5, 5.41) is 7.82. The predicted molar refractivity (Wildman–Crippen MR) is 132 cm³/mol. The van der Waals surface area contributed by atoms with Gasteiger partial charge in [0.15, 0.2) is 5.65 Å². The summed E-state index contributed by atoms with van der Waals surface area (Å²) in [7, 11) is 0. The molecule has 0 unspecified atom stereocenters. The maximum Gasteiger partial charge on any atom is 0.263 e. The second kappa shape index (κ2) is 9.73. The molecule has 0 spiro atoms. The van der Waals surface area contributed by atoms with Crippen molar-refractivity contribution in [3.63, 3.8) is 0 Å². The Labute approximate surface area is 205 Å². The first-order valence-corrected chi connectivity index (χ1v) is 12.0. The number of hydrogen-bond acceptors (Lipinski definition) is 8. The molecule has 2 aliphatic rings. The summed E-state index contributed by atoms with van der Waals surface area (Å²) in [6.07, 6.45) is 3.25. The number of carbonyl (C=O) groups excluding carboxylic acids is 1. The molecule has 34 heavy (non-hydrogen) atoms. The van der Waals surface area contributed by atoms with Gasteiger partial charge in [0, 0.05) is 42.8 Å². The van der Waals surface area contributed by atoms with Crippen LogP contribution >= 0.6 is 23.2 Å². The van der Waals surface area contributed by atoms with Crippen LogP contribution in [-0.2, 0) is 11.3 Å². The van der Waals surface area contributed by atoms with E-state index in [4.69, 9.17) is 23.2 Å². The van der Waals surface area contributed by atoms with E-state index < -0.39 is 0 Å². The average Bonchev–Trinajstić information content (AvgIpc) is 3.38. The maximum atomic E-state index is 12.7. The van der Waals surface area contributed by atoms with Gasteiger partial charge >= 0.3 is 0 Å². The van der Waals surface area contributed by atoms with Crippen LogP contribution in [0.4, 0.5) is 11.8 Å². The highest BCUT2D eigenvalue weighted by atomic mass is 35.5. The van der Waals surface area contributed by atoms with Crippen molar-refractivity contribution in [3.8, 4) is 0 Å². The SMILES string of the molecule is O=C([C@H]1CCCN1)N1CCN(c2nc(NCc3ccc(Cl)cc3Cl)c3c(=O)[nH]cnc3n2)CC1. The highest BCUT2D eigenvalue weighted by Gasteiger charge is 2.30. The molecule has 1 amide bonds. The quantitative estimate of drug-likeness (QED) is 0.484. The Bertz CT molecular complexity index is 1270. The van der Waals surface area contributed by atoms with Crippen molar-refractivity contribution in [2.45, 2.75) is 25.4 Å². The smallest absolute Gasteiger partial charge is 0.263 e. The lowest BCUT2D eigenvalue weighted by Gasteiger charge is -2.36. The number of nitrogens with one attached hydrogen (secondary N) is 3. The molecule has 2 saturated heterocycles. The van der Waals surface area contributed by atoms with Gasteiger partial charge in [-0.05, 0) is 37.1 Å². The average molecular weight is 503 g/mol. The van der Waals surface area contributed by atoms with Gasteiger partial charge in [0.2, 0.25) is 11.9 Å². The molecule has 4 heterocycles. The van der Waals surface area contributed by atoms with Gasteiger partial charge < -0.3 is 25.4 Å². The highest BCUT2D eigenvalue weighted by Crippen LogP contribution is 2.24. The van der Waals surface area contributed by atoms with Crippen LogP contribution in [0.1, 0.15) is 18.4 Å². The lowest BCUT2D eigenvalue weighted by atomic mass is 10.2. The first-order chi connectivity index (χ1) is 16.5. The lowest BCUT2D eigenvalue weighted by Crippen LogP contribution is -2.53. The van der Waals surface area contributed by atoms with E-state index in [1.807, 2.05) is 15.9 Å². The Morgan fingerprint density at radius 3 is 2.74 bits per heavy atom. The number of aromatic amines is 1. The second-order valence-electron chi connectivity index (χ2n) is 8.35. The molecule has 1 aromatic carbocycles. The molecule has 178 valence electrons. The molecule has 2 aliphatic heterocycles. The van der Waals surface area contributed by atoms with Crippen LogP contribution < -0.4 is 21.1 Å². The molecule has 0 bridgehead atoms. The molecule has 2 fully saturated rings. The van der Waals surface area contributed by atoms with Crippen LogP contribution in [0.15, 0.2) is 29.3 Å². The third kappa shape index (κ3) is 4.66. The van der Waals surface area contributed by atoms with Crippen LogP contribution in [0, 0.1) is 0 Å². The number of fused-ring (bicyclic) bond motifs is 1. The van der Waals surface area contributed by atoms with Crippen molar-refractivity contribution in [1.82, 2.24) is 30.2 Å². The third-order valence-corrected chi connectivity index (χ3v) is 6.77. The number of benzene rings is 1. The monoisotopic (exact) mass is 502 g/mol. The van der Waals surface area contributed by atoms with Gasteiger partial charge in [0.05, 0.1) is 12.4 Å². The molecule has 10 nitrogen and oxygen atoms in total. The number of H-pyrrole nitrogens is 1. The molecule has 1 atom stereocenters. The van der Waals surface area contributed by atoms with E-state index >= 15 is 0 Å². The number of piperazine rings is 1. The summed E-state index contributed by atoms with van der Waals surface area (Å²) in [4.78, 5) is 45.2. The van der Waals surface area contributed by atoms with Crippen molar-refractivity contribution in [1.29, 1.82) is 0 Å². The van der Waals surface area contributed by atoms with Gasteiger partial charge in [-0.1, -0.05) is 29.3 Å². The van der Waals surface area contributed by atoms with Crippen LogP contribution in [0.2, 0.25) is 10.0 Å². The van der Waals surface area contributed by atoms with E-state index in [-0.39, 0.29) is 22.9 Å². The van der Waals surface area contributed by atoms with E-state index in [2.05, 4.69) is 30.6 Å². The van der Waals surface area contributed by atoms with E-state index in [1.165, 1.54) is 6.33 Å². The second-order valence-corrected chi connectivity index (χ2v) is 9.20. The molecular weight excluding hydrogens is 479 g/mol. The first kappa shape index (κ1) is 22.8. The molecule has 3 N–H and O–H groups in total. The van der Waals surface area contributed by atoms with E-state index in [1.54, 1.807) is 12.1 Å². The Morgan fingerprint density at radius 1 is 1.18 bits per heavy atom. The van der Waals surface area contributed by atoms with E-state index in [0.717, 1.165) is 24.9 Å². The molecule has 12 heteroatoms. The topological polar surface area (TPSA) is 119 Å². The minimum Gasteiger partial charge on any atom is -0.365 e. The van der Waals surface area contributed by atoms with Crippen molar-refractivity contribution < 1.29 is 4.79 Å². The Morgan fingerprint density at radius 2 is 2.00 bits per heavy atom. The van der Waals surface area contributed by atoms with Crippen molar-refractivity contribution in [2.24, 2.45) is 0 Å². The maximum absolute atomic E-state index is 12.7. The standard InChI is InChI=1S/C22H24Cl2N8O2/c23-14-4-3-13(15(24)10-14)11-26-18-17-19(27-12-28-20(17)33)30-22(29-18)32-8-6-31(7-9-32)21(34)16-2-1-5-25-16/h3-4,10,12,16,25H,1-2,5-9,11H2,(H2,26,27,28,29,30,33)/t16-/m1/s1. The molecule has 0 aliphatic carbocycles. The largest absolute Gasteiger partial charge is 0.365 e. The van der Waals surface area contributed by atoms with E-state index in [0.29, 0.717) is 60.2 Å². The van der Waals surface area contributed by atoms with Crippen LogP contribution in [0.5, 0.6) is 0 Å². The normalized spacial score (nSPS) is 18.5. The van der Waals surface area contributed by atoms with Gasteiger partial charge in [-0.25, -0.2) is 4.98 Å². The number of anilines is 2. The fourth-order valence-corrected chi connectivity index (χ4v) is 4.80. The summed E-state index contributed by atoms with van der Waals surface area (Å²) in [6, 6.07) is 5.17. The Kier molecular flexibility index (Phi) is 6.53. The minimum atomic E-state index is -0.333. The number of hydrogen-bond donors (Lipinski definition) is 3. The predicted octanol–water partition coefficient (Wildman–Crippen LogP) is 2.03. The van der Waals surface area contributed by atoms with Gasteiger partial charge in [-0.3, -0.25) is 9.59 Å². The zero-order valence-corrected chi connectivity index (χ0v) is 19.9. The minimum absolute atomic E-state index is 0.0742.